The third kappa shape index (κ3) is 2.80. The molecule has 0 atom stereocenters. The van der Waals surface area contributed by atoms with Crippen LogP contribution in [0, 0.1) is 11.3 Å². The highest BCUT2D eigenvalue weighted by Crippen LogP contribution is 2.23. The summed E-state index contributed by atoms with van der Waals surface area (Å²) in [5.74, 6) is 0.327. The van der Waals surface area contributed by atoms with E-state index in [0.29, 0.717) is 12.4 Å². The van der Waals surface area contributed by atoms with Crippen molar-refractivity contribution in [2.24, 2.45) is 14.1 Å². The molecule has 0 aliphatic carbocycles. The molecule has 2 rings (SSSR count). The number of halogens is 1. The lowest BCUT2D eigenvalue weighted by Gasteiger charge is -2.22. The lowest BCUT2D eigenvalue weighted by molar-refractivity contribution is 0.667. The SMILES string of the molecule is CN(Cc1csc(Br)c1)c1c(C#N)c(=O)n(C)c(=O)n1C. The van der Waals surface area contributed by atoms with E-state index in [1.54, 1.807) is 30.3 Å². The molecule has 0 unspecified atom stereocenters. The van der Waals surface area contributed by atoms with Gasteiger partial charge in [0, 0.05) is 27.7 Å². The van der Waals surface area contributed by atoms with Gasteiger partial charge in [0.25, 0.3) is 5.56 Å². The Morgan fingerprint density at radius 3 is 2.57 bits per heavy atom. The van der Waals surface area contributed by atoms with E-state index < -0.39 is 11.2 Å². The van der Waals surface area contributed by atoms with Crippen molar-refractivity contribution in [2.45, 2.75) is 6.54 Å². The van der Waals surface area contributed by atoms with Crippen molar-refractivity contribution in [3.05, 3.63) is 47.2 Å². The fourth-order valence-electron chi connectivity index (χ4n) is 2.16. The zero-order valence-corrected chi connectivity index (χ0v) is 14.2. The van der Waals surface area contributed by atoms with Gasteiger partial charge in [-0.2, -0.15) is 5.26 Å². The maximum absolute atomic E-state index is 12.0. The molecule has 8 heteroatoms. The molecule has 0 radical (unpaired) electrons. The Bertz CT molecular complexity index is 843. The molecule has 2 aromatic heterocycles. The zero-order valence-electron chi connectivity index (χ0n) is 11.8. The molecule has 0 saturated carbocycles. The summed E-state index contributed by atoms with van der Waals surface area (Å²) in [5, 5.41) is 11.2. The zero-order chi connectivity index (χ0) is 15.7. The molecule has 0 aliphatic heterocycles. The van der Waals surface area contributed by atoms with E-state index in [9.17, 15) is 14.9 Å². The van der Waals surface area contributed by atoms with E-state index >= 15 is 0 Å². The van der Waals surface area contributed by atoms with Crippen LogP contribution >= 0.6 is 27.3 Å². The van der Waals surface area contributed by atoms with Crippen molar-refractivity contribution in [1.29, 1.82) is 5.26 Å². The van der Waals surface area contributed by atoms with E-state index in [0.717, 1.165) is 13.9 Å². The second kappa shape index (κ2) is 5.87. The van der Waals surface area contributed by atoms with Crippen LogP contribution in [-0.2, 0) is 20.6 Å². The average Bonchev–Trinajstić information content (AvgIpc) is 2.85. The third-order valence-electron chi connectivity index (χ3n) is 3.15. The highest BCUT2D eigenvalue weighted by Gasteiger charge is 2.19. The van der Waals surface area contributed by atoms with Gasteiger partial charge in [0.2, 0.25) is 0 Å². The first-order chi connectivity index (χ1) is 9.86. The van der Waals surface area contributed by atoms with Crippen molar-refractivity contribution >= 4 is 33.1 Å². The van der Waals surface area contributed by atoms with Gasteiger partial charge >= 0.3 is 5.69 Å². The first-order valence-corrected chi connectivity index (χ1v) is 7.68. The second-order valence-electron chi connectivity index (χ2n) is 4.63. The first kappa shape index (κ1) is 15.5. The van der Waals surface area contributed by atoms with Crippen molar-refractivity contribution in [2.75, 3.05) is 11.9 Å². The van der Waals surface area contributed by atoms with Crippen molar-refractivity contribution in [1.82, 2.24) is 9.13 Å². The van der Waals surface area contributed by atoms with E-state index in [4.69, 9.17) is 0 Å². The van der Waals surface area contributed by atoms with Gasteiger partial charge in [0.15, 0.2) is 5.56 Å². The van der Waals surface area contributed by atoms with Crippen LogP contribution < -0.4 is 16.1 Å². The van der Waals surface area contributed by atoms with Gasteiger partial charge in [0.05, 0.1) is 3.79 Å². The predicted molar refractivity (Wildman–Crippen MR) is 85.8 cm³/mol. The van der Waals surface area contributed by atoms with Crippen LogP contribution in [0.5, 0.6) is 0 Å². The summed E-state index contributed by atoms with van der Waals surface area (Å²) in [6.07, 6.45) is 0. The highest BCUT2D eigenvalue weighted by molar-refractivity contribution is 9.11. The Labute approximate surface area is 133 Å². The van der Waals surface area contributed by atoms with Crippen LogP contribution in [0.25, 0.3) is 0 Å². The standard InChI is InChI=1S/C13H13BrN4O2S/c1-16(6-8-4-10(14)21-7-8)11-9(5-15)12(19)18(3)13(20)17(11)2/h4,7H,6H2,1-3H3. The molecule has 21 heavy (non-hydrogen) atoms. The lowest BCUT2D eigenvalue weighted by Crippen LogP contribution is -2.41. The number of nitriles is 1. The molecular formula is C13H13BrN4O2S. The molecule has 2 heterocycles. The third-order valence-corrected chi connectivity index (χ3v) is 4.70. The minimum absolute atomic E-state index is 0.0311. The van der Waals surface area contributed by atoms with Crippen LogP contribution in [0.3, 0.4) is 0 Å². The molecule has 0 amide bonds. The summed E-state index contributed by atoms with van der Waals surface area (Å²) in [4.78, 5) is 25.8. The Balaban J connectivity index is 2.55. The van der Waals surface area contributed by atoms with Crippen LogP contribution in [-0.4, -0.2) is 16.2 Å². The molecule has 0 aromatic carbocycles. The molecule has 0 spiro atoms. The first-order valence-electron chi connectivity index (χ1n) is 6.01. The summed E-state index contributed by atoms with van der Waals surface area (Å²) >= 11 is 4.95. The van der Waals surface area contributed by atoms with Crippen LogP contribution in [0.2, 0.25) is 0 Å². The topological polar surface area (TPSA) is 71.0 Å². The van der Waals surface area contributed by atoms with Gasteiger partial charge in [-0.25, -0.2) is 4.79 Å². The summed E-state index contributed by atoms with van der Waals surface area (Å²) < 4.78 is 3.27. The van der Waals surface area contributed by atoms with Gasteiger partial charge in [-0.05, 0) is 32.9 Å². The normalized spacial score (nSPS) is 10.4. The van der Waals surface area contributed by atoms with E-state index in [1.807, 2.05) is 17.5 Å². The monoisotopic (exact) mass is 368 g/mol. The molecule has 0 fully saturated rings. The summed E-state index contributed by atoms with van der Waals surface area (Å²) in [7, 11) is 4.67. The Kier molecular flexibility index (Phi) is 4.34. The number of rotatable bonds is 3. The smallest absolute Gasteiger partial charge is 0.332 e. The minimum atomic E-state index is -0.575. The fraction of sp³-hybridized carbons (Fsp3) is 0.308. The van der Waals surface area contributed by atoms with Gasteiger partial charge in [0.1, 0.15) is 11.9 Å². The molecule has 0 aliphatic rings. The number of anilines is 1. The number of aromatic nitrogens is 2. The molecule has 0 saturated heterocycles. The Morgan fingerprint density at radius 2 is 2.05 bits per heavy atom. The van der Waals surface area contributed by atoms with Gasteiger partial charge in [-0.1, -0.05) is 0 Å². The van der Waals surface area contributed by atoms with Crippen molar-refractivity contribution in [3.8, 4) is 6.07 Å². The summed E-state index contributed by atoms with van der Waals surface area (Å²) in [6, 6.07) is 3.87. The fourth-order valence-corrected chi connectivity index (χ4v) is 3.36. The van der Waals surface area contributed by atoms with Crippen LogP contribution in [0.1, 0.15) is 11.1 Å². The molecule has 110 valence electrons. The summed E-state index contributed by atoms with van der Waals surface area (Å²) in [5.41, 5.74) is -0.0240. The minimum Gasteiger partial charge on any atom is -0.355 e. The number of hydrogen-bond donors (Lipinski definition) is 0. The average molecular weight is 369 g/mol. The quantitative estimate of drug-likeness (QED) is 0.821. The van der Waals surface area contributed by atoms with Gasteiger partial charge in [-0.3, -0.25) is 13.9 Å². The Hall–Kier alpha value is -1.85. The van der Waals surface area contributed by atoms with Crippen LogP contribution in [0.4, 0.5) is 5.82 Å². The highest BCUT2D eigenvalue weighted by atomic mass is 79.9. The maximum Gasteiger partial charge on any atom is 0.332 e. The summed E-state index contributed by atoms with van der Waals surface area (Å²) in [6.45, 7) is 0.497. The Morgan fingerprint density at radius 1 is 1.38 bits per heavy atom. The second-order valence-corrected chi connectivity index (χ2v) is 6.92. The maximum atomic E-state index is 12.0. The van der Waals surface area contributed by atoms with Gasteiger partial charge < -0.3 is 4.90 Å². The molecule has 0 bridgehead atoms. The number of nitrogens with zero attached hydrogens (tertiary/aromatic N) is 4. The van der Waals surface area contributed by atoms with E-state index in [1.165, 1.54) is 11.6 Å². The largest absolute Gasteiger partial charge is 0.355 e. The van der Waals surface area contributed by atoms with E-state index in [2.05, 4.69) is 15.9 Å². The lowest BCUT2D eigenvalue weighted by atomic mass is 10.2. The molecular weight excluding hydrogens is 356 g/mol. The number of thiophene rings is 1. The molecule has 0 N–H and O–H groups in total. The van der Waals surface area contributed by atoms with Crippen LogP contribution in [0.15, 0.2) is 24.8 Å². The molecule has 2 aromatic rings. The molecule has 6 nitrogen and oxygen atoms in total. The van der Waals surface area contributed by atoms with Crippen molar-refractivity contribution < 1.29 is 0 Å². The van der Waals surface area contributed by atoms with E-state index in [-0.39, 0.29) is 5.56 Å². The predicted octanol–water partition coefficient (Wildman–Crippen LogP) is 1.42. The van der Waals surface area contributed by atoms with Gasteiger partial charge in [-0.15, -0.1) is 11.3 Å². The number of hydrogen-bond acceptors (Lipinski definition) is 5. The van der Waals surface area contributed by atoms with Crippen molar-refractivity contribution in [3.63, 3.8) is 0 Å².